The quantitative estimate of drug-likeness (QED) is 0.670. The zero-order valence-electron chi connectivity index (χ0n) is 12.6. The first-order valence-corrected chi connectivity index (χ1v) is 6.78. The number of aryl methyl sites for hydroxylation is 1. The molecule has 0 N–H and O–H groups in total. The molecule has 0 unspecified atom stereocenters. The van der Waals surface area contributed by atoms with Crippen molar-refractivity contribution in [2.45, 2.75) is 72.1 Å². The van der Waals surface area contributed by atoms with E-state index in [2.05, 4.69) is 66.7 Å². The van der Waals surface area contributed by atoms with Crippen LogP contribution in [0.1, 0.15) is 71.1 Å². The predicted octanol–water partition coefficient (Wildman–Crippen LogP) is 5.17. The Hall–Kier alpha value is -0.780. The Labute approximate surface area is 107 Å². The van der Waals surface area contributed by atoms with Gasteiger partial charge in [-0.05, 0) is 47.8 Å². The summed E-state index contributed by atoms with van der Waals surface area (Å²) in [5.41, 5.74) is 4.53. The molecule has 0 aliphatic heterocycles. The van der Waals surface area contributed by atoms with Crippen molar-refractivity contribution >= 4 is 0 Å². The molecule has 0 aliphatic carbocycles. The van der Waals surface area contributed by atoms with Gasteiger partial charge in [0.2, 0.25) is 0 Å². The van der Waals surface area contributed by atoms with Crippen molar-refractivity contribution in [3.8, 4) is 0 Å². The van der Waals surface area contributed by atoms with Gasteiger partial charge in [0.1, 0.15) is 0 Å². The molecule has 0 heteroatoms. The molecular weight excluding hydrogens is 204 g/mol. The van der Waals surface area contributed by atoms with E-state index in [1.165, 1.54) is 16.7 Å². The lowest BCUT2D eigenvalue weighted by atomic mass is 9.76. The van der Waals surface area contributed by atoms with E-state index in [4.69, 9.17) is 0 Å². The van der Waals surface area contributed by atoms with Gasteiger partial charge in [-0.25, -0.2) is 0 Å². The van der Waals surface area contributed by atoms with Crippen LogP contribution in [0.15, 0.2) is 12.1 Å². The first-order chi connectivity index (χ1) is 7.73. The molecule has 1 aromatic rings. The average Bonchev–Trinajstić information content (AvgIpc) is 2.28. The van der Waals surface area contributed by atoms with Crippen molar-refractivity contribution in [1.29, 1.82) is 0 Å². The highest BCUT2D eigenvalue weighted by atomic mass is 14.3. The van der Waals surface area contributed by atoms with Gasteiger partial charge in [-0.15, -0.1) is 0 Å². The Morgan fingerprint density at radius 3 is 1.53 bits per heavy atom. The third-order valence-electron chi connectivity index (χ3n) is 4.24. The van der Waals surface area contributed by atoms with E-state index in [0.29, 0.717) is 0 Å². The Morgan fingerprint density at radius 1 is 0.882 bits per heavy atom. The van der Waals surface area contributed by atoms with E-state index in [1.807, 2.05) is 0 Å². The minimum atomic E-state index is 0.227. The molecule has 0 fully saturated rings. The summed E-state index contributed by atoms with van der Waals surface area (Å²) in [6.07, 6.45) is 2.30. The summed E-state index contributed by atoms with van der Waals surface area (Å²) in [5.74, 6) is 0. The molecule has 95 valence electrons. The van der Waals surface area contributed by atoms with Crippen LogP contribution in [0.2, 0.25) is 0 Å². The van der Waals surface area contributed by atoms with Crippen molar-refractivity contribution in [3.05, 3.63) is 34.9 Å². The second-order valence-corrected chi connectivity index (χ2v) is 6.46. The smallest absolute Gasteiger partial charge is 0.00998 e. The second kappa shape index (κ2) is 4.84. The van der Waals surface area contributed by atoms with E-state index in [9.17, 15) is 0 Å². The van der Waals surface area contributed by atoms with Crippen LogP contribution in [0.4, 0.5) is 0 Å². The van der Waals surface area contributed by atoms with Crippen LogP contribution in [-0.2, 0) is 10.8 Å². The van der Waals surface area contributed by atoms with Gasteiger partial charge in [0, 0.05) is 0 Å². The summed E-state index contributed by atoms with van der Waals surface area (Å²) in [5, 5.41) is 0. The monoisotopic (exact) mass is 231 g/mol. The summed E-state index contributed by atoms with van der Waals surface area (Å²) in [7, 11) is 0. The lowest BCUT2D eigenvalue weighted by Gasteiger charge is -2.28. The van der Waals surface area contributed by atoms with E-state index in [-0.39, 0.29) is 10.8 Å². The maximum atomic E-state index is 3.67. The van der Waals surface area contributed by atoms with Crippen LogP contribution in [0, 0.1) is 13.0 Å². The highest BCUT2D eigenvalue weighted by Crippen LogP contribution is 2.33. The summed E-state index contributed by atoms with van der Waals surface area (Å²) in [6, 6.07) is 8.25. The third-order valence-corrected chi connectivity index (χ3v) is 4.24. The van der Waals surface area contributed by atoms with Gasteiger partial charge in [0.05, 0.1) is 0 Å². The summed E-state index contributed by atoms with van der Waals surface area (Å²) in [4.78, 5) is 0. The standard InChI is InChI=1S/C17H27/c1-8-16(4,5)14-10-13(3)11-15(12-14)17(6,7)9-2/h10-11H,8-9H2,1-7H3. The minimum absolute atomic E-state index is 0.227. The molecule has 0 saturated heterocycles. The number of hydrogen-bond acceptors (Lipinski definition) is 0. The van der Waals surface area contributed by atoms with Gasteiger partial charge in [-0.1, -0.05) is 59.2 Å². The number of hydrogen-bond donors (Lipinski definition) is 0. The van der Waals surface area contributed by atoms with E-state index < -0.39 is 0 Å². The van der Waals surface area contributed by atoms with Crippen molar-refractivity contribution in [2.75, 3.05) is 0 Å². The van der Waals surface area contributed by atoms with Gasteiger partial charge in [-0.2, -0.15) is 0 Å². The zero-order chi connectivity index (χ0) is 13.3. The normalized spacial score (nSPS) is 12.9. The predicted molar refractivity (Wildman–Crippen MR) is 76.6 cm³/mol. The van der Waals surface area contributed by atoms with Crippen LogP contribution in [0.5, 0.6) is 0 Å². The fourth-order valence-corrected chi connectivity index (χ4v) is 1.82. The van der Waals surface area contributed by atoms with Crippen molar-refractivity contribution in [3.63, 3.8) is 0 Å². The Bertz CT molecular complexity index is 349. The molecule has 0 heterocycles. The summed E-state index contributed by atoms with van der Waals surface area (Å²) >= 11 is 0. The Morgan fingerprint density at radius 2 is 1.24 bits per heavy atom. The highest BCUT2D eigenvalue weighted by molar-refractivity contribution is 5.36. The first-order valence-electron chi connectivity index (χ1n) is 6.78. The van der Waals surface area contributed by atoms with Crippen LogP contribution in [-0.4, -0.2) is 0 Å². The third kappa shape index (κ3) is 3.12. The fourth-order valence-electron chi connectivity index (χ4n) is 1.82. The van der Waals surface area contributed by atoms with E-state index >= 15 is 0 Å². The van der Waals surface area contributed by atoms with Crippen molar-refractivity contribution in [2.24, 2.45) is 0 Å². The molecule has 0 saturated carbocycles. The van der Waals surface area contributed by atoms with Gasteiger partial charge in [0.25, 0.3) is 0 Å². The molecule has 17 heavy (non-hydrogen) atoms. The molecule has 0 aromatic heterocycles. The van der Waals surface area contributed by atoms with Gasteiger partial charge in [-0.3, -0.25) is 0 Å². The summed E-state index contributed by atoms with van der Waals surface area (Å²) in [6.45, 7) is 15.9. The van der Waals surface area contributed by atoms with E-state index in [0.717, 1.165) is 12.8 Å². The SMILES string of the molecule is CCC(C)(C)c1[c]c(C(C)(C)CC)cc(C)c1. The molecule has 1 radical (unpaired) electrons. The Kier molecular flexibility index (Phi) is 4.06. The van der Waals surface area contributed by atoms with Gasteiger partial charge >= 0.3 is 0 Å². The van der Waals surface area contributed by atoms with Crippen LogP contribution in [0.25, 0.3) is 0 Å². The second-order valence-electron chi connectivity index (χ2n) is 6.46. The largest absolute Gasteiger partial charge is 0.0646 e. The van der Waals surface area contributed by atoms with Gasteiger partial charge in [0.15, 0.2) is 0 Å². The Balaban J connectivity index is 3.29. The van der Waals surface area contributed by atoms with Crippen LogP contribution < -0.4 is 0 Å². The maximum Gasteiger partial charge on any atom is -0.00998 e. The van der Waals surface area contributed by atoms with Crippen molar-refractivity contribution < 1.29 is 0 Å². The molecule has 1 rings (SSSR count). The van der Waals surface area contributed by atoms with E-state index in [1.54, 1.807) is 0 Å². The molecule has 0 atom stereocenters. The maximum absolute atomic E-state index is 3.67. The van der Waals surface area contributed by atoms with Crippen molar-refractivity contribution in [1.82, 2.24) is 0 Å². The topological polar surface area (TPSA) is 0 Å². The average molecular weight is 231 g/mol. The lowest BCUT2D eigenvalue weighted by Crippen LogP contribution is -2.20. The van der Waals surface area contributed by atoms with Crippen LogP contribution in [0.3, 0.4) is 0 Å². The summed E-state index contributed by atoms with van der Waals surface area (Å²) < 4.78 is 0. The molecule has 0 nitrogen and oxygen atoms in total. The molecular formula is C17H27. The number of benzene rings is 1. The molecule has 0 amide bonds. The molecule has 0 bridgehead atoms. The fraction of sp³-hybridized carbons (Fsp3) is 0.647. The van der Waals surface area contributed by atoms with Crippen LogP contribution >= 0.6 is 0 Å². The number of rotatable bonds is 4. The molecule has 0 spiro atoms. The minimum Gasteiger partial charge on any atom is -0.0646 e. The molecule has 0 aliphatic rings. The zero-order valence-corrected chi connectivity index (χ0v) is 12.6. The lowest BCUT2D eigenvalue weighted by molar-refractivity contribution is 0.486. The highest BCUT2D eigenvalue weighted by Gasteiger charge is 2.23. The molecule has 1 aromatic carbocycles. The first kappa shape index (κ1) is 14.3. The van der Waals surface area contributed by atoms with Gasteiger partial charge < -0.3 is 0 Å².